The minimum Gasteiger partial charge on any atom is -0.308 e. The molecule has 2 saturated carbocycles. The Morgan fingerprint density at radius 2 is 1.35 bits per heavy atom. The summed E-state index contributed by atoms with van der Waals surface area (Å²) in [6, 6.07) is 37.1. The van der Waals surface area contributed by atoms with E-state index in [1.807, 2.05) is 74.5 Å². The predicted molar refractivity (Wildman–Crippen MR) is 196 cm³/mol. The molecule has 6 aromatic rings. The molecule has 51 heavy (non-hydrogen) atoms. The summed E-state index contributed by atoms with van der Waals surface area (Å²) >= 11 is 0. The number of hydroxylamine groups is 2. The van der Waals surface area contributed by atoms with Gasteiger partial charge in [0.05, 0.1) is 39.2 Å². The summed E-state index contributed by atoms with van der Waals surface area (Å²) in [4.78, 5) is 41.2. The number of amides is 2. The number of carbonyl (C=O) groups is 3. The zero-order chi connectivity index (χ0) is 35.3. The van der Waals surface area contributed by atoms with E-state index in [1.165, 1.54) is 0 Å². The second-order valence-electron chi connectivity index (χ2n) is 14.5. The summed E-state index contributed by atoms with van der Waals surface area (Å²) in [6.45, 7) is 3.85. The minimum absolute atomic E-state index is 0.0979. The molecule has 3 aliphatic rings. The van der Waals surface area contributed by atoms with Crippen molar-refractivity contribution < 1.29 is 27.1 Å². The summed E-state index contributed by atoms with van der Waals surface area (Å²) in [5, 5.41) is 2.47. The van der Waals surface area contributed by atoms with Crippen LogP contribution in [0.15, 0.2) is 115 Å². The number of fused-ring (bicyclic) bond motifs is 3. The van der Waals surface area contributed by atoms with Crippen molar-refractivity contribution in [1.82, 2.24) is 9.63 Å². The zero-order valence-electron chi connectivity index (χ0n) is 28.1. The maximum Gasteiger partial charge on any atom is 0.289 e. The predicted octanol–water partition coefficient (Wildman–Crippen LogP) is 8.37. The Labute approximate surface area is 295 Å². The molecular weight excluding hydrogens is 661 g/mol. The van der Waals surface area contributed by atoms with Crippen LogP contribution in [-0.4, -0.2) is 41.4 Å². The third kappa shape index (κ3) is 4.47. The quantitative estimate of drug-likeness (QED) is 0.156. The average Bonchev–Trinajstić information content (AvgIpc) is 3.66. The van der Waals surface area contributed by atoms with Gasteiger partial charge in [-0.1, -0.05) is 105 Å². The molecule has 1 aromatic heterocycles. The lowest BCUT2D eigenvalue weighted by atomic mass is 9.70. The van der Waals surface area contributed by atoms with Crippen LogP contribution in [0.3, 0.4) is 0 Å². The molecule has 1 aliphatic heterocycles. The van der Waals surface area contributed by atoms with E-state index in [4.69, 9.17) is 4.28 Å². The van der Waals surface area contributed by atoms with Crippen LogP contribution in [0, 0.1) is 16.7 Å². The van der Waals surface area contributed by atoms with Crippen molar-refractivity contribution in [2.75, 3.05) is 5.75 Å². The molecule has 2 amide bonds. The molecule has 0 radical (unpaired) electrons. The molecule has 0 saturated heterocycles. The zero-order valence-corrected chi connectivity index (χ0v) is 28.9. The molecule has 2 unspecified atom stereocenters. The number of ketones is 1. The van der Waals surface area contributed by atoms with Crippen molar-refractivity contribution >= 4 is 49.4 Å². The molecule has 2 heterocycles. The number of para-hydroxylation sites is 1. The first-order chi connectivity index (χ1) is 24.5. The Morgan fingerprint density at radius 3 is 2.02 bits per heavy atom. The van der Waals surface area contributed by atoms with Gasteiger partial charge >= 0.3 is 0 Å². The van der Waals surface area contributed by atoms with E-state index in [2.05, 4.69) is 41.0 Å². The Bertz CT molecular complexity index is 2550. The summed E-state index contributed by atoms with van der Waals surface area (Å²) < 4.78 is 34.9. The highest BCUT2D eigenvalue weighted by molar-refractivity contribution is 7.86. The average molecular weight is 695 g/mol. The molecule has 9 rings (SSSR count). The Hall–Kier alpha value is -5.38. The van der Waals surface area contributed by atoms with Crippen molar-refractivity contribution in [3.8, 4) is 28.1 Å². The van der Waals surface area contributed by atoms with Crippen LogP contribution in [0.2, 0.25) is 0 Å². The van der Waals surface area contributed by atoms with Crippen LogP contribution < -0.4 is 0 Å². The van der Waals surface area contributed by atoms with E-state index >= 15 is 0 Å². The number of Topliss-reactive ketones (excluding diaryl/α,β-unsaturated/α-hetero) is 1. The van der Waals surface area contributed by atoms with Crippen LogP contribution in [-0.2, 0) is 19.2 Å². The molecule has 0 spiro atoms. The third-order valence-electron chi connectivity index (χ3n) is 11.8. The molecule has 2 fully saturated rings. The van der Waals surface area contributed by atoms with Gasteiger partial charge in [-0.25, -0.2) is 0 Å². The monoisotopic (exact) mass is 694 g/mol. The number of benzene rings is 5. The van der Waals surface area contributed by atoms with E-state index in [1.54, 1.807) is 18.2 Å². The van der Waals surface area contributed by atoms with Gasteiger partial charge in [0.15, 0.2) is 0 Å². The molecule has 8 nitrogen and oxygen atoms in total. The SMILES string of the molecule is CC1(C)C2CCC1(CS(=O)(=O)ON1C(=O)c3cccc4c(-n5c(-c6ccccc6)c(-c6ccccc6)c6ccccc65)ccc(c34)C1=O)C(=O)C2. The first-order valence-corrected chi connectivity index (χ1v) is 18.7. The van der Waals surface area contributed by atoms with Crippen molar-refractivity contribution in [2.24, 2.45) is 16.7 Å². The number of aromatic nitrogens is 1. The second kappa shape index (κ2) is 11.1. The molecule has 0 N–H and O–H groups in total. The van der Waals surface area contributed by atoms with Crippen LogP contribution in [0.25, 0.3) is 49.7 Å². The van der Waals surface area contributed by atoms with Gasteiger partial charge in [0.25, 0.3) is 21.9 Å². The number of imide groups is 1. The highest BCUT2D eigenvalue weighted by Gasteiger charge is 2.65. The van der Waals surface area contributed by atoms with Crippen molar-refractivity contribution in [3.63, 3.8) is 0 Å². The number of hydrogen-bond acceptors (Lipinski definition) is 6. The van der Waals surface area contributed by atoms with Crippen LogP contribution >= 0.6 is 0 Å². The molecule has 5 aromatic carbocycles. The fourth-order valence-corrected chi connectivity index (χ4v) is 10.8. The lowest BCUT2D eigenvalue weighted by Gasteiger charge is -2.36. The van der Waals surface area contributed by atoms with Crippen LogP contribution in [0.5, 0.6) is 0 Å². The Kier molecular flexibility index (Phi) is 6.85. The van der Waals surface area contributed by atoms with E-state index in [0.29, 0.717) is 28.7 Å². The van der Waals surface area contributed by atoms with Crippen LogP contribution in [0.4, 0.5) is 0 Å². The molecule has 2 aliphatic carbocycles. The lowest BCUT2D eigenvalue weighted by Crippen LogP contribution is -2.46. The van der Waals surface area contributed by atoms with Gasteiger partial charge in [0.1, 0.15) is 5.78 Å². The topological polar surface area (TPSA) is 103 Å². The van der Waals surface area contributed by atoms with Crippen molar-refractivity contribution in [3.05, 3.63) is 126 Å². The van der Waals surface area contributed by atoms with Gasteiger partial charge in [0.2, 0.25) is 0 Å². The molecular formula is C42H34N2O6S. The fraction of sp³-hybridized carbons (Fsp3) is 0.214. The van der Waals surface area contributed by atoms with Gasteiger partial charge in [0, 0.05) is 28.1 Å². The summed E-state index contributed by atoms with van der Waals surface area (Å²) in [5.74, 6) is -2.33. The van der Waals surface area contributed by atoms with E-state index in [9.17, 15) is 22.8 Å². The van der Waals surface area contributed by atoms with E-state index in [0.717, 1.165) is 45.4 Å². The largest absolute Gasteiger partial charge is 0.308 e. The first kappa shape index (κ1) is 31.6. The van der Waals surface area contributed by atoms with Gasteiger partial charge < -0.3 is 4.57 Å². The maximum atomic E-state index is 14.1. The molecule has 254 valence electrons. The van der Waals surface area contributed by atoms with Gasteiger partial charge in [-0.3, -0.25) is 14.4 Å². The first-order valence-electron chi connectivity index (χ1n) is 17.2. The smallest absolute Gasteiger partial charge is 0.289 e. The molecule has 2 atom stereocenters. The summed E-state index contributed by atoms with van der Waals surface area (Å²) in [7, 11) is -4.53. The van der Waals surface area contributed by atoms with Gasteiger partial charge in [-0.05, 0) is 59.6 Å². The summed E-state index contributed by atoms with van der Waals surface area (Å²) in [5.41, 5.74) is 4.38. The summed E-state index contributed by atoms with van der Waals surface area (Å²) in [6.07, 6.45) is 1.52. The number of hydrogen-bond donors (Lipinski definition) is 0. The highest BCUT2D eigenvalue weighted by atomic mass is 32.2. The second-order valence-corrected chi connectivity index (χ2v) is 16.1. The van der Waals surface area contributed by atoms with Crippen molar-refractivity contribution in [1.29, 1.82) is 0 Å². The van der Waals surface area contributed by atoms with Crippen molar-refractivity contribution in [2.45, 2.75) is 33.1 Å². The van der Waals surface area contributed by atoms with E-state index in [-0.39, 0.29) is 22.8 Å². The standard InChI is InChI=1S/C42H34N2O6S/c1-41(2)28-22-23-42(41,35(45)24-28)25-51(48,49)50-44-39(46)31-18-11-17-30-34(21-20-32(37(30)31)40(44)47)43-33-19-10-9-16-29(33)36(26-12-5-3-6-13-26)38(43)27-14-7-4-8-15-27/h3-21,28H,22-25H2,1-2H3. The number of carbonyl (C=O) groups excluding carboxylic acids is 3. The lowest BCUT2D eigenvalue weighted by molar-refractivity contribution is -0.128. The maximum absolute atomic E-state index is 14.1. The van der Waals surface area contributed by atoms with Crippen LogP contribution in [0.1, 0.15) is 53.8 Å². The third-order valence-corrected chi connectivity index (χ3v) is 13.0. The molecule has 9 heteroatoms. The van der Waals surface area contributed by atoms with Gasteiger partial charge in [-0.15, -0.1) is 9.35 Å². The van der Waals surface area contributed by atoms with E-state index < -0.39 is 38.5 Å². The highest BCUT2D eigenvalue weighted by Crippen LogP contribution is 2.64. The number of rotatable bonds is 7. The fourth-order valence-electron chi connectivity index (χ4n) is 9.13. The Morgan fingerprint density at radius 1 is 0.725 bits per heavy atom. The Balaban J connectivity index is 1.19. The normalized spacial score (nSPS) is 20.9. The molecule has 2 bridgehead atoms. The van der Waals surface area contributed by atoms with Gasteiger partial charge in [-0.2, -0.15) is 8.42 Å². The minimum atomic E-state index is -4.53. The number of nitrogens with zero attached hydrogens (tertiary/aromatic N) is 2.